The Morgan fingerprint density at radius 3 is 2.05 bits per heavy atom. The van der Waals surface area contributed by atoms with Gasteiger partial charge < -0.3 is 36.3 Å². The number of nitrogens with zero attached hydrogens (tertiary/aromatic N) is 1. The number of carbonyl (C=O) groups is 4. The molecule has 0 saturated carbocycles. The number of para-hydroxylation sites is 2. The first kappa shape index (κ1) is 30.8. The van der Waals surface area contributed by atoms with E-state index in [2.05, 4.69) is 20.6 Å². The summed E-state index contributed by atoms with van der Waals surface area (Å²) in [6, 6.07) is 11.6. The predicted octanol–water partition coefficient (Wildman–Crippen LogP) is 2.85. The van der Waals surface area contributed by atoms with E-state index in [9.17, 15) is 24.3 Å². The summed E-state index contributed by atoms with van der Waals surface area (Å²) in [5.74, 6) is -2.47. The molecule has 0 aliphatic carbocycles. The number of hydrogen-bond acceptors (Lipinski definition) is 5. The van der Waals surface area contributed by atoms with Gasteiger partial charge in [0.05, 0.1) is 6.04 Å². The van der Waals surface area contributed by atoms with Crippen molar-refractivity contribution in [3.8, 4) is 0 Å². The van der Waals surface area contributed by atoms with Crippen LogP contribution in [0.4, 0.5) is 0 Å². The number of aromatic nitrogens is 2. The van der Waals surface area contributed by atoms with Gasteiger partial charge in [0.25, 0.3) is 0 Å². The third kappa shape index (κ3) is 6.78. The Balaban J connectivity index is 1.34. The molecule has 11 nitrogen and oxygen atoms in total. The van der Waals surface area contributed by atoms with Crippen LogP contribution in [0.15, 0.2) is 60.9 Å². The second-order valence-electron chi connectivity index (χ2n) is 12.0. The van der Waals surface area contributed by atoms with Crippen LogP contribution in [0.25, 0.3) is 21.8 Å². The lowest BCUT2D eigenvalue weighted by Gasteiger charge is -2.29. The Morgan fingerprint density at radius 1 is 0.886 bits per heavy atom. The van der Waals surface area contributed by atoms with Crippen molar-refractivity contribution >= 4 is 45.5 Å². The van der Waals surface area contributed by atoms with Crippen LogP contribution in [0.1, 0.15) is 44.2 Å². The van der Waals surface area contributed by atoms with Crippen LogP contribution in [0.2, 0.25) is 0 Å². The number of carboxylic acid groups (broad SMARTS) is 1. The first-order chi connectivity index (χ1) is 21.1. The first-order valence-electron chi connectivity index (χ1n) is 15.1. The lowest BCUT2D eigenvalue weighted by atomic mass is 9.99. The van der Waals surface area contributed by atoms with E-state index in [0.29, 0.717) is 25.8 Å². The lowest BCUT2D eigenvalue weighted by molar-refractivity contribution is -0.149. The van der Waals surface area contributed by atoms with Gasteiger partial charge in [-0.3, -0.25) is 14.4 Å². The number of amides is 3. The Kier molecular flexibility index (Phi) is 9.34. The monoisotopic (exact) mass is 600 g/mol. The largest absolute Gasteiger partial charge is 0.480 e. The van der Waals surface area contributed by atoms with Gasteiger partial charge in [-0.2, -0.15) is 0 Å². The summed E-state index contributed by atoms with van der Waals surface area (Å²) < 4.78 is 0. The number of aromatic amines is 2. The number of carbonyl (C=O) groups excluding carboxylic acids is 3. The summed E-state index contributed by atoms with van der Waals surface area (Å²) in [5.41, 5.74) is 9.87. The minimum atomic E-state index is -1.07. The van der Waals surface area contributed by atoms with Crippen molar-refractivity contribution < 1.29 is 24.3 Å². The number of fused-ring (bicyclic) bond motifs is 2. The zero-order valence-corrected chi connectivity index (χ0v) is 25.0. The molecule has 11 heteroatoms. The zero-order valence-electron chi connectivity index (χ0n) is 25.0. The summed E-state index contributed by atoms with van der Waals surface area (Å²) in [7, 11) is 0. The van der Waals surface area contributed by atoms with Crippen molar-refractivity contribution in [3.63, 3.8) is 0 Å². The number of H-pyrrole nitrogens is 2. The van der Waals surface area contributed by atoms with E-state index in [1.807, 2.05) is 68.6 Å². The first-order valence-corrected chi connectivity index (χ1v) is 15.1. The van der Waals surface area contributed by atoms with Crippen LogP contribution >= 0.6 is 0 Å². The molecule has 4 aromatic rings. The molecular formula is C33H40N6O5. The van der Waals surface area contributed by atoms with Crippen molar-refractivity contribution in [2.75, 3.05) is 6.54 Å². The Morgan fingerprint density at radius 2 is 1.45 bits per heavy atom. The number of likely N-dealkylation sites (tertiary alicyclic amines) is 1. The van der Waals surface area contributed by atoms with Crippen molar-refractivity contribution in [1.82, 2.24) is 25.5 Å². The van der Waals surface area contributed by atoms with E-state index in [-0.39, 0.29) is 18.8 Å². The average molecular weight is 601 g/mol. The fourth-order valence-corrected chi connectivity index (χ4v) is 6.09. The summed E-state index contributed by atoms with van der Waals surface area (Å²) in [6.45, 7) is 4.17. The van der Waals surface area contributed by atoms with Gasteiger partial charge in [0.2, 0.25) is 17.7 Å². The third-order valence-electron chi connectivity index (χ3n) is 8.33. The smallest absolute Gasteiger partial charge is 0.326 e. The molecule has 4 atom stereocenters. The van der Waals surface area contributed by atoms with Crippen molar-refractivity contribution in [3.05, 3.63) is 72.1 Å². The highest BCUT2D eigenvalue weighted by atomic mass is 16.4. The molecule has 4 unspecified atom stereocenters. The number of hydrogen-bond donors (Lipinski definition) is 6. The van der Waals surface area contributed by atoms with E-state index in [1.54, 1.807) is 6.20 Å². The maximum atomic E-state index is 13.8. The predicted molar refractivity (Wildman–Crippen MR) is 168 cm³/mol. The van der Waals surface area contributed by atoms with Gasteiger partial charge in [-0.05, 0) is 54.9 Å². The molecule has 1 aliphatic rings. The van der Waals surface area contributed by atoms with Gasteiger partial charge in [-0.25, -0.2) is 4.79 Å². The highest BCUT2D eigenvalue weighted by Crippen LogP contribution is 2.23. The molecule has 44 heavy (non-hydrogen) atoms. The van der Waals surface area contributed by atoms with E-state index >= 15 is 0 Å². The minimum absolute atomic E-state index is 0.0497. The molecule has 3 heterocycles. The fraction of sp³-hybridized carbons (Fsp3) is 0.394. The lowest BCUT2D eigenvalue weighted by Crippen LogP contribution is -2.58. The maximum absolute atomic E-state index is 13.8. The van der Waals surface area contributed by atoms with Crippen LogP contribution in [-0.4, -0.2) is 74.4 Å². The number of nitrogens with two attached hydrogens (primary N) is 1. The van der Waals surface area contributed by atoms with Gasteiger partial charge in [-0.1, -0.05) is 50.2 Å². The quantitative estimate of drug-likeness (QED) is 0.146. The standard InChI is InChI=1S/C33H40N6O5/c1-19(2)14-27(37-30(40)24(34)15-20-17-35-25-10-5-3-8-22(20)25)31(41)38-28(32(42)39-13-7-12-29(39)33(43)44)16-21-18-36-26-11-6-4-9-23(21)26/h3-6,8-11,17-19,24,27-29,35-36H,7,12-16,34H2,1-2H3,(H,37,40)(H,38,41)(H,43,44). The summed E-state index contributed by atoms with van der Waals surface area (Å²) in [6.07, 6.45) is 5.31. The van der Waals surface area contributed by atoms with Crippen molar-refractivity contribution in [1.29, 1.82) is 0 Å². The zero-order chi connectivity index (χ0) is 31.4. The van der Waals surface area contributed by atoms with E-state index in [4.69, 9.17) is 5.73 Å². The fourth-order valence-electron chi connectivity index (χ4n) is 6.09. The minimum Gasteiger partial charge on any atom is -0.480 e. The molecular weight excluding hydrogens is 560 g/mol. The molecule has 1 fully saturated rings. The molecule has 0 spiro atoms. The van der Waals surface area contributed by atoms with Crippen LogP contribution in [0.5, 0.6) is 0 Å². The summed E-state index contributed by atoms with van der Waals surface area (Å²) in [5, 5.41) is 17.3. The van der Waals surface area contributed by atoms with E-state index in [1.165, 1.54) is 4.90 Å². The number of rotatable bonds is 12. The Labute approximate surface area is 255 Å². The molecule has 1 saturated heterocycles. The number of carboxylic acids is 1. The molecule has 0 bridgehead atoms. The van der Waals surface area contributed by atoms with Gasteiger partial charge in [0.15, 0.2) is 0 Å². The highest BCUT2D eigenvalue weighted by Gasteiger charge is 2.39. The molecule has 2 aromatic heterocycles. The van der Waals surface area contributed by atoms with E-state index in [0.717, 1.165) is 32.9 Å². The van der Waals surface area contributed by atoms with Crippen LogP contribution in [0.3, 0.4) is 0 Å². The SMILES string of the molecule is CC(C)CC(NC(=O)C(N)Cc1c[nH]c2ccccc12)C(=O)NC(Cc1c[nH]c2ccccc12)C(=O)N1CCCC1C(=O)O. The topological polar surface area (TPSA) is 173 Å². The molecule has 7 N–H and O–H groups in total. The number of benzene rings is 2. The van der Waals surface area contributed by atoms with Crippen LogP contribution in [-0.2, 0) is 32.0 Å². The molecule has 2 aromatic carbocycles. The molecule has 5 rings (SSSR count). The number of aliphatic carboxylic acids is 1. The molecule has 232 valence electrons. The van der Waals surface area contributed by atoms with Gasteiger partial charge >= 0.3 is 5.97 Å². The van der Waals surface area contributed by atoms with Crippen LogP contribution in [0, 0.1) is 5.92 Å². The second kappa shape index (κ2) is 13.3. The van der Waals surface area contributed by atoms with Gasteiger partial charge in [0.1, 0.15) is 18.1 Å². The van der Waals surface area contributed by atoms with Gasteiger partial charge in [-0.15, -0.1) is 0 Å². The Bertz CT molecular complexity index is 1660. The average Bonchev–Trinajstić information content (AvgIpc) is 3.75. The normalized spacial score (nSPS) is 17.1. The summed E-state index contributed by atoms with van der Waals surface area (Å²) in [4.78, 5) is 60.6. The van der Waals surface area contributed by atoms with E-state index < -0.39 is 47.9 Å². The molecule has 1 aliphatic heterocycles. The van der Waals surface area contributed by atoms with Crippen molar-refractivity contribution in [2.24, 2.45) is 11.7 Å². The van der Waals surface area contributed by atoms with Crippen molar-refractivity contribution in [2.45, 2.75) is 70.1 Å². The second-order valence-corrected chi connectivity index (χ2v) is 12.0. The number of nitrogens with one attached hydrogen (secondary N) is 4. The highest BCUT2D eigenvalue weighted by molar-refractivity contribution is 5.95. The maximum Gasteiger partial charge on any atom is 0.326 e. The third-order valence-corrected chi connectivity index (χ3v) is 8.33. The molecule has 3 amide bonds. The van der Waals surface area contributed by atoms with Crippen LogP contribution < -0.4 is 16.4 Å². The molecule has 0 radical (unpaired) electrons. The summed E-state index contributed by atoms with van der Waals surface area (Å²) >= 11 is 0. The van der Waals surface area contributed by atoms with Gasteiger partial charge in [0, 0.05) is 47.2 Å². The Hall–Kier alpha value is -4.64.